The first-order chi connectivity index (χ1) is 11.8. The predicted octanol–water partition coefficient (Wildman–Crippen LogP) is 3.25. The Labute approximate surface area is 140 Å². The van der Waals surface area contributed by atoms with E-state index in [2.05, 4.69) is 24.9 Å². The highest BCUT2D eigenvalue weighted by Gasteiger charge is 2.22. The Morgan fingerprint density at radius 3 is 2.67 bits per heavy atom. The molecule has 24 heavy (non-hydrogen) atoms. The smallest absolute Gasteiger partial charge is 0.123 e. The summed E-state index contributed by atoms with van der Waals surface area (Å²) in [6, 6.07) is 9.02. The van der Waals surface area contributed by atoms with Gasteiger partial charge >= 0.3 is 0 Å². The Kier molecular flexibility index (Phi) is 4.13. The van der Waals surface area contributed by atoms with Crippen LogP contribution in [0.3, 0.4) is 0 Å². The Bertz CT molecular complexity index is 770. The molecular formula is C18H20FN5. The summed E-state index contributed by atoms with van der Waals surface area (Å²) in [5.74, 6) is -0.222. The van der Waals surface area contributed by atoms with Gasteiger partial charge in [-0.1, -0.05) is 0 Å². The van der Waals surface area contributed by atoms with Crippen molar-refractivity contribution in [2.45, 2.75) is 25.4 Å². The first-order valence-electron chi connectivity index (χ1n) is 8.29. The fourth-order valence-corrected chi connectivity index (χ4v) is 3.38. The molecule has 2 aromatic heterocycles. The van der Waals surface area contributed by atoms with Crippen molar-refractivity contribution in [3.05, 3.63) is 60.3 Å². The van der Waals surface area contributed by atoms with Crippen molar-refractivity contribution in [1.82, 2.24) is 24.9 Å². The van der Waals surface area contributed by atoms with Gasteiger partial charge in [0.15, 0.2) is 0 Å². The Balaban J connectivity index is 1.42. The third kappa shape index (κ3) is 3.10. The monoisotopic (exact) mass is 325 g/mol. The molecule has 0 spiro atoms. The van der Waals surface area contributed by atoms with E-state index in [0.29, 0.717) is 6.04 Å². The number of hydrogen-bond acceptors (Lipinski definition) is 3. The second-order valence-corrected chi connectivity index (χ2v) is 6.27. The summed E-state index contributed by atoms with van der Waals surface area (Å²) in [7, 11) is 0. The molecule has 1 aromatic carbocycles. The third-order valence-electron chi connectivity index (χ3n) is 4.70. The van der Waals surface area contributed by atoms with Crippen LogP contribution in [-0.2, 0) is 6.54 Å². The van der Waals surface area contributed by atoms with Gasteiger partial charge in [-0.2, -0.15) is 10.2 Å². The number of rotatable bonds is 4. The van der Waals surface area contributed by atoms with Crippen molar-refractivity contribution >= 4 is 0 Å². The van der Waals surface area contributed by atoms with E-state index in [1.807, 2.05) is 24.7 Å². The average Bonchev–Trinajstić information content (AvgIpc) is 3.28. The number of nitrogens with zero attached hydrogens (tertiary/aromatic N) is 4. The molecule has 1 aliphatic heterocycles. The second-order valence-electron chi connectivity index (χ2n) is 6.27. The number of aromatic amines is 1. The van der Waals surface area contributed by atoms with Gasteiger partial charge in [0, 0.05) is 43.2 Å². The third-order valence-corrected chi connectivity index (χ3v) is 4.70. The Morgan fingerprint density at radius 1 is 1.17 bits per heavy atom. The summed E-state index contributed by atoms with van der Waals surface area (Å²) in [6.45, 7) is 2.94. The van der Waals surface area contributed by atoms with E-state index in [9.17, 15) is 4.39 Å². The van der Waals surface area contributed by atoms with Gasteiger partial charge < -0.3 is 0 Å². The lowest BCUT2D eigenvalue weighted by Gasteiger charge is -2.32. The number of benzene rings is 1. The van der Waals surface area contributed by atoms with Crippen molar-refractivity contribution in [2.24, 2.45) is 0 Å². The second kappa shape index (κ2) is 6.57. The maximum Gasteiger partial charge on any atom is 0.123 e. The minimum absolute atomic E-state index is 0.222. The van der Waals surface area contributed by atoms with Gasteiger partial charge in [0.05, 0.1) is 17.9 Å². The Hall–Kier alpha value is -2.47. The molecule has 4 rings (SSSR count). The maximum atomic E-state index is 13.1. The molecule has 0 bridgehead atoms. The standard InChI is InChI=1S/C18H20FN5/c19-16-4-2-14(3-5-16)18-15(12-20-22-18)13-23-10-6-17(7-11-23)24-9-1-8-21-24/h1-5,8-9,12,17H,6-7,10-11,13H2,(H,20,22). The molecule has 0 radical (unpaired) electrons. The van der Waals surface area contributed by atoms with Crippen LogP contribution in [0.5, 0.6) is 0 Å². The summed E-state index contributed by atoms with van der Waals surface area (Å²) < 4.78 is 15.2. The zero-order valence-electron chi connectivity index (χ0n) is 13.4. The van der Waals surface area contributed by atoms with Gasteiger partial charge in [0.2, 0.25) is 0 Å². The molecule has 1 aliphatic rings. The topological polar surface area (TPSA) is 49.7 Å². The van der Waals surface area contributed by atoms with Crippen LogP contribution in [0, 0.1) is 5.82 Å². The first-order valence-corrected chi connectivity index (χ1v) is 8.29. The minimum Gasteiger partial charge on any atom is -0.299 e. The molecule has 124 valence electrons. The number of hydrogen-bond donors (Lipinski definition) is 1. The number of aromatic nitrogens is 4. The lowest BCUT2D eigenvalue weighted by molar-refractivity contribution is 0.173. The van der Waals surface area contributed by atoms with Crippen LogP contribution < -0.4 is 0 Å². The Morgan fingerprint density at radius 2 is 1.96 bits per heavy atom. The molecule has 3 heterocycles. The fraction of sp³-hybridized carbons (Fsp3) is 0.333. The highest BCUT2D eigenvalue weighted by atomic mass is 19.1. The van der Waals surface area contributed by atoms with Crippen LogP contribution in [0.4, 0.5) is 4.39 Å². The molecule has 1 saturated heterocycles. The predicted molar refractivity (Wildman–Crippen MR) is 89.8 cm³/mol. The van der Waals surface area contributed by atoms with Crippen LogP contribution in [0.25, 0.3) is 11.3 Å². The molecule has 1 N–H and O–H groups in total. The molecule has 6 heteroatoms. The van der Waals surface area contributed by atoms with E-state index in [0.717, 1.165) is 49.3 Å². The number of likely N-dealkylation sites (tertiary alicyclic amines) is 1. The van der Waals surface area contributed by atoms with Gasteiger partial charge in [-0.15, -0.1) is 0 Å². The van der Waals surface area contributed by atoms with Crippen molar-refractivity contribution in [3.8, 4) is 11.3 Å². The van der Waals surface area contributed by atoms with Crippen LogP contribution in [0.2, 0.25) is 0 Å². The summed E-state index contributed by atoms with van der Waals surface area (Å²) in [6.07, 6.45) is 7.96. The summed E-state index contributed by atoms with van der Waals surface area (Å²) in [5, 5.41) is 11.6. The van der Waals surface area contributed by atoms with Gasteiger partial charge in [-0.05, 0) is 43.2 Å². The van der Waals surface area contributed by atoms with E-state index in [1.54, 1.807) is 12.1 Å². The summed E-state index contributed by atoms with van der Waals surface area (Å²) >= 11 is 0. The molecule has 0 atom stereocenters. The quantitative estimate of drug-likeness (QED) is 0.801. The molecule has 5 nitrogen and oxygen atoms in total. The van der Waals surface area contributed by atoms with E-state index >= 15 is 0 Å². The van der Waals surface area contributed by atoms with Gasteiger partial charge in [-0.25, -0.2) is 4.39 Å². The molecule has 1 fully saturated rings. The van der Waals surface area contributed by atoms with Crippen LogP contribution >= 0.6 is 0 Å². The van der Waals surface area contributed by atoms with Crippen molar-refractivity contribution < 1.29 is 4.39 Å². The highest BCUT2D eigenvalue weighted by Crippen LogP contribution is 2.26. The number of halogens is 1. The molecule has 0 aliphatic carbocycles. The fourth-order valence-electron chi connectivity index (χ4n) is 3.38. The molecular weight excluding hydrogens is 305 g/mol. The number of piperidine rings is 1. The van der Waals surface area contributed by atoms with Gasteiger partial charge in [0.25, 0.3) is 0 Å². The molecule has 0 saturated carbocycles. The normalized spacial score (nSPS) is 16.5. The van der Waals surface area contributed by atoms with E-state index in [-0.39, 0.29) is 5.82 Å². The van der Waals surface area contributed by atoms with Crippen LogP contribution in [-0.4, -0.2) is 38.0 Å². The van der Waals surface area contributed by atoms with Gasteiger partial charge in [-0.3, -0.25) is 14.7 Å². The minimum atomic E-state index is -0.222. The molecule has 0 amide bonds. The van der Waals surface area contributed by atoms with Crippen molar-refractivity contribution in [2.75, 3.05) is 13.1 Å². The summed E-state index contributed by atoms with van der Waals surface area (Å²) in [5.41, 5.74) is 3.10. The highest BCUT2D eigenvalue weighted by molar-refractivity contribution is 5.62. The number of H-pyrrole nitrogens is 1. The summed E-state index contributed by atoms with van der Waals surface area (Å²) in [4.78, 5) is 2.44. The van der Waals surface area contributed by atoms with Crippen LogP contribution in [0.15, 0.2) is 48.9 Å². The zero-order valence-corrected chi connectivity index (χ0v) is 13.4. The van der Waals surface area contributed by atoms with E-state index < -0.39 is 0 Å². The number of nitrogens with one attached hydrogen (secondary N) is 1. The first kappa shape index (κ1) is 15.1. The van der Waals surface area contributed by atoms with Crippen LogP contribution in [0.1, 0.15) is 24.4 Å². The van der Waals surface area contributed by atoms with Crippen molar-refractivity contribution in [1.29, 1.82) is 0 Å². The SMILES string of the molecule is Fc1ccc(-c2[nH]ncc2CN2CCC(n3cccn3)CC2)cc1. The van der Waals surface area contributed by atoms with Gasteiger partial charge in [0.1, 0.15) is 5.82 Å². The van der Waals surface area contributed by atoms with E-state index in [4.69, 9.17) is 0 Å². The largest absolute Gasteiger partial charge is 0.299 e. The average molecular weight is 325 g/mol. The zero-order chi connectivity index (χ0) is 16.4. The maximum absolute atomic E-state index is 13.1. The van der Waals surface area contributed by atoms with Crippen molar-refractivity contribution in [3.63, 3.8) is 0 Å². The lowest BCUT2D eigenvalue weighted by atomic mass is 10.0. The molecule has 3 aromatic rings. The molecule has 0 unspecified atom stereocenters. The lowest BCUT2D eigenvalue weighted by Crippen LogP contribution is -2.34. The van der Waals surface area contributed by atoms with E-state index in [1.165, 1.54) is 12.1 Å².